The van der Waals surface area contributed by atoms with Crippen molar-refractivity contribution in [1.82, 2.24) is 5.32 Å². The van der Waals surface area contributed by atoms with Gasteiger partial charge < -0.3 is 26.0 Å². The molecule has 0 bridgehead atoms. The predicted octanol–water partition coefficient (Wildman–Crippen LogP) is 0.271. The van der Waals surface area contributed by atoms with Gasteiger partial charge in [0.05, 0.1) is 12.5 Å². The van der Waals surface area contributed by atoms with Gasteiger partial charge in [0.2, 0.25) is 0 Å². The number of carbonyl (C=O) groups is 3. The Morgan fingerprint density at radius 2 is 1.87 bits per heavy atom. The van der Waals surface area contributed by atoms with E-state index in [2.05, 4.69) is 5.32 Å². The first-order valence-corrected chi connectivity index (χ1v) is 7.07. The highest BCUT2D eigenvalue weighted by molar-refractivity contribution is 5.80. The summed E-state index contributed by atoms with van der Waals surface area (Å²) in [6.07, 6.45) is -0.687. The Morgan fingerprint density at radius 1 is 1.22 bits per heavy atom. The minimum absolute atomic E-state index is 0.177. The monoisotopic (exact) mass is 322 g/mol. The molecule has 0 aromatic heterocycles. The lowest BCUT2D eigenvalue weighted by Crippen LogP contribution is -2.34. The zero-order chi connectivity index (χ0) is 17.0. The number of amides is 1. The van der Waals surface area contributed by atoms with Crippen molar-refractivity contribution >= 4 is 18.0 Å². The van der Waals surface area contributed by atoms with E-state index in [0.717, 1.165) is 5.56 Å². The molecule has 23 heavy (non-hydrogen) atoms. The predicted molar refractivity (Wildman–Crippen MR) is 78.3 cm³/mol. The van der Waals surface area contributed by atoms with Gasteiger partial charge >= 0.3 is 18.0 Å². The number of carboxylic acid groups (broad SMARTS) is 2. The van der Waals surface area contributed by atoms with Crippen LogP contribution in [0.2, 0.25) is 0 Å². The summed E-state index contributed by atoms with van der Waals surface area (Å²) in [6.45, 7) is 0.105. The molecular weight excluding hydrogens is 304 g/mol. The van der Waals surface area contributed by atoms with Crippen LogP contribution in [0, 0.1) is 17.8 Å². The number of aliphatic carboxylic acids is 2. The van der Waals surface area contributed by atoms with Crippen molar-refractivity contribution in [3.05, 3.63) is 35.9 Å². The number of nitrogens with one attached hydrogen (secondary N) is 1. The van der Waals surface area contributed by atoms with Gasteiger partial charge in [-0.3, -0.25) is 9.59 Å². The van der Waals surface area contributed by atoms with Gasteiger partial charge in [0.15, 0.2) is 0 Å². The smallest absolute Gasteiger partial charge is 0.407 e. The van der Waals surface area contributed by atoms with Crippen molar-refractivity contribution in [2.45, 2.75) is 12.6 Å². The van der Waals surface area contributed by atoms with Crippen molar-refractivity contribution in [1.29, 1.82) is 0 Å². The topological polar surface area (TPSA) is 139 Å². The number of carboxylic acids is 2. The molecule has 8 nitrogen and oxygen atoms in total. The lowest BCUT2D eigenvalue weighted by Gasteiger charge is -2.08. The highest BCUT2D eigenvalue weighted by Crippen LogP contribution is 2.48. The normalized spacial score (nSPS) is 23.6. The molecule has 1 fully saturated rings. The Bertz CT molecular complexity index is 591. The second kappa shape index (κ2) is 7.10. The highest BCUT2D eigenvalue weighted by atomic mass is 16.5. The van der Waals surface area contributed by atoms with Crippen LogP contribution >= 0.6 is 0 Å². The molecular formula is C15H18N2O6. The first-order chi connectivity index (χ1) is 10.9. The van der Waals surface area contributed by atoms with Crippen LogP contribution in [0.3, 0.4) is 0 Å². The molecule has 1 aromatic carbocycles. The Balaban J connectivity index is 1.79. The number of benzene rings is 1. The lowest BCUT2D eigenvalue weighted by molar-refractivity contribution is -0.140. The van der Waals surface area contributed by atoms with Gasteiger partial charge in [-0.1, -0.05) is 30.3 Å². The molecule has 0 unspecified atom stereocenters. The first kappa shape index (κ1) is 16.8. The van der Waals surface area contributed by atoms with E-state index in [-0.39, 0.29) is 13.2 Å². The molecule has 1 aliphatic carbocycles. The van der Waals surface area contributed by atoms with Crippen LogP contribution in [0.4, 0.5) is 4.79 Å². The van der Waals surface area contributed by atoms with Crippen LogP contribution < -0.4 is 11.1 Å². The molecule has 0 saturated heterocycles. The van der Waals surface area contributed by atoms with Gasteiger partial charge in [0.25, 0.3) is 0 Å². The second-order valence-corrected chi connectivity index (χ2v) is 5.41. The Labute approximate surface area is 132 Å². The molecule has 8 heteroatoms. The number of nitrogens with two attached hydrogens (primary N) is 1. The SMILES string of the molecule is N[C@@H](C(=O)O)[C@@H]1[C@H](COC(=O)NCc2ccccc2)[C@H]1C(=O)O. The largest absolute Gasteiger partial charge is 0.481 e. The van der Waals surface area contributed by atoms with Crippen molar-refractivity contribution in [3.8, 4) is 0 Å². The van der Waals surface area contributed by atoms with E-state index in [1.807, 2.05) is 30.3 Å². The van der Waals surface area contributed by atoms with Crippen molar-refractivity contribution in [3.63, 3.8) is 0 Å². The molecule has 1 aromatic rings. The number of rotatable bonds is 7. The van der Waals surface area contributed by atoms with Crippen molar-refractivity contribution < 1.29 is 29.3 Å². The van der Waals surface area contributed by atoms with Crippen molar-refractivity contribution in [2.24, 2.45) is 23.5 Å². The minimum Gasteiger partial charge on any atom is -0.481 e. The second-order valence-electron chi connectivity index (χ2n) is 5.41. The molecule has 0 heterocycles. The molecule has 1 aliphatic rings. The summed E-state index contributed by atoms with van der Waals surface area (Å²) in [5.74, 6) is -4.61. The Morgan fingerprint density at radius 3 is 2.43 bits per heavy atom. The van der Waals surface area contributed by atoms with Crippen LogP contribution in [0.15, 0.2) is 30.3 Å². The number of alkyl carbamates (subject to hydrolysis) is 1. The number of ether oxygens (including phenoxy) is 1. The molecule has 1 amide bonds. The van der Waals surface area contributed by atoms with E-state index in [1.54, 1.807) is 0 Å². The zero-order valence-corrected chi connectivity index (χ0v) is 12.2. The van der Waals surface area contributed by atoms with Gasteiger partial charge in [-0.05, 0) is 5.56 Å². The fourth-order valence-corrected chi connectivity index (χ4v) is 2.61. The van der Waals surface area contributed by atoms with Gasteiger partial charge in [-0.15, -0.1) is 0 Å². The summed E-state index contributed by atoms with van der Waals surface area (Å²) < 4.78 is 4.97. The molecule has 0 aliphatic heterocycles. The van der Waals surface area contributed by atoms with Gasteiger partial charge in [0, 0.05) is 18.4 Å². The van der Waals surface area contributed by atoms with E-state index in [0.29, 0.717) is 0 Å². The molecule has 1 saturated carbocycles. The molecule has 0 spiro atoms. The third-order valence-electron chi connectivity index (χ3n) is 3.90. The van der Waals surface area contributed by atoms with Crippen LogP contribution in [0.1, 0.15) is 5.56 Å². The van der Waals surface area contributed by atoms with Gasteiger partial charge in [0.1, 0.15) is 6.04 Å². The molecule has 0 radical (unpaired) electrons. The van der Waals surface area contributed by atoms with E-state index in [9.17, 15) is 14.4 Å². The molecule has 2 rings (SSSR count). The van der Waals surface area contributed by atoms with E-state index >= 15 is 0 Å². The maximum atomic E-state index is 11.6. The first-order valence-electron chi connectivity index (χ1n) is 7.07. The van der Waals surface area contributed by atoms with Crippen LogP contribution in [-0.2, 0) is 20.9 Å². The summed E-state index contributed by atoms with van der Waals surface area (Å²) in [7, 11) is 0. The Hall–Kier alpha value is -2.61. The fraction of sp³-hybridized carbons (Fsp3) is 0.400. The molecule has 124 valence electrons. The van der Waals surface area contributed by atoms with E-state index in [1.165, 1.54) is 0 Å². The third kappa shape index (κ3) is 4.19. The summed E-state index contributed by atoms with van der Waals surface area (Å²) in [4.78, 5) is 33.5. The number of carbonyl (C=O) groups excluding carboxylic acids is 1. The zero-order valence-electron chi connectivity index (χ0n) is 12.2. The summed E-state index contributed by atoms with van der Waals surface area (Å²) in [5, 5.41) is 20.4. The van der Waals surface area contributed by atoms with Crippen LogP contribution in [0.25, 0.3) is 0 Å². The average molecular weight is 322 g/mol. The van der Waals surface area contributed by atoms with E-state index in [4.69, 9.17) is 20.7 Å². The molecule has 4 atom stereocenters. The summed E-state index contributed by atoms with van der Waals surface area (Å²) in [6, 6.07) is 7.92. The van der Waals surface area contributed by atoms with Crippen molar-refractivity contribution in [2.75, 3.05) is 6.61 Å². The summed E-state index contributed by atoms with van der Waals surface area (Å²) in [5.41, 5.74) is 6.36. The standard InChI is InChI=1S/C15H18N2O6/c16-12(14(20)21)10-9(11(10)13(18)19)7-23-15(22)17-6-8-4-2-1-3-5-8/h1-5,9-12H,6-7,16H2,(H,17,22)(H,18,19)(H,20,21)/t9-,10+,11+,12+/m0/s1. The quantitative estimate of drug-likeness (QED) is 0.565. The molecule has 5 N–H and O–H groups in total. The number of hydrogen-bond donors (Lipinski definition) is 4. The van der Waals surface area contributed by atoms with Crippen LogP contribution in [-0.4, -0.2) is 40.9 Å². The van der Waals surface area contributed by atoms with E-state index < -0.39 is 41.8 Å². The minimum atomic E-state index is -1.28. The highest BCUT2D eigenvalue weighted by Gasteiger charge is 2.60. The maximum Gasteiger partial charge on any atom is 0.407 e. The lowest BCUT2D eigenvalue weighted by atomic mass is 10.1. The average Bonchev–Trinajstić information content (AvgIpc) is 3.25. The number of hydrogen-bond acceptors (Lipinski definition) is 5. The van der Waals surface area contributed by atoms with Gasteiger partial charge in [-0.2, -0.15) is 0 Å². The Kier molecular flexibility index (Phi) is 5.17. The third-order valence-corrected chi connectivity index (χ3v) is 3.90. The van der Waals surface area contributed by atoms with Crippen LogP contribution in [0.5, 0.6) is 0 Å². The fourth-order valence-electron chi connectivity index (χ4n) is 2.61. The van der Waals surface area contributed by atoms with Gasteiger partial charge in [-0.25, -0.2) is 4.79 Å². The maximum absolute atomic E-state index is 11.6. The summed E-state index contributed by atoms with van der Waals surface area (Å²) >= 11 is 0.